The Bertz CT molecular complexity index is 816. The minimum Gasteiger partial charge on any atom is -0.387 e. The van der Waals surface area contributed by atoms with Gasteiger partial charge in [-0.1, -0.05) is 12.1 Å². The van der Waals surface area contributed by atoms with E-state index >= 15 is 0 Å². The predicted octanol–water partition coefficient (Wildman–Crippen LogP) is 3.53. The number of halogens is 1. The van der Waals surface area contributed by atoms with E-state index in [2.05, 4.69) is 14.9 Å². The molecule has 1 N–H and O–H groups in total. The summed E-state index contributed by atoms with van der Waals surface area (Å²) in [5.41, 5.74) is 1.65. The molecule has 0 amide bonds. The lowest BCUT2D eigenvalue weighted by atomic mass is 10.1. The zero-order valence-corrected chi connectivity index (χ0v) is 13.2. The lowest BCUT2D eigenvalue weighted by Crippen LogP contribution is -2.31. The van der Waals surface area contributed by atoms with E-state index in [1.165, 1.54) is 12.1 Å². The normalized spacial score (nSPS) is 15.7. The maximum Gasteiger partial charge on any atom is 0.150 e. The summed E-state index contributed by atoms with van der Waals surface area (Å²) in [6.45, 7) is 0.445. The van der Waals surface area contributed by atoms with Gasteiger partial charge >= 0.3 is 0 Å². The molecule has 23 heavy (non-hydrogen) atoms. The van der Waals surface area contributed by atoms with E-state index in [9.17, 15) is 9.50 Å². The quantitative estimate of drug-likeness (QED) is 0.778. The number of nitrogens with zero attached hydrogens (tertiary/aromatic N) is 3. The van der Waals surface area contributed by atoms with Crippen molar-refractivity contribution >= 4 is 27.4 Å². The molecule has 0 radical (unpaired) electrons. The van der Waals surface area contributed by atoms with Crippen LogP contribution in [0.25, 0.3) is 10.2 Å². The second-order valence-electron chi connectivity index (χ2n) is 5.78. The number of aliphatic hydroxyl groups excluding tert-OH is 1. The molecule has 1 saturated carbocycles. The number of anilines is 1. The third-order valence-electron chi connectivity index (χ3n) is 4.11. The molecule has 1 fully saturated rings. The van der Waals surface area contributed by atoms with Crippen molar-refractivity contribution in [3.8, 4) is 0 Å². The van der Waals surface area contributed by atoms with E-state index in [4.69, 9.17) is 0 Å². The minimum atomic E-state index is -0.679. The molecule has 0 saturated heterocycles. The number of hydrogen-bond donors (Lipinski definition) is 1. The highest BCUT2D eigenvalue weighted by atomic mass is 32.1. The van der Waals surface area contributed by atoms with Gasteiger partial charge in [-0.2, -0.15) is 0 Å². The number of hydrogen-bond acceptors (Lipinski definition) is 5. The van der Waals surface area contributed by atoms with Crippen molar-refractivity contribution in [3.63, 3.8) is 0 Å². The van der Waals surface area contributed by atoms with Gasteiger partial charge in [0.25, 0.3) is 0 Å². The van der Waals surface area contributed by atoms with Crippen molar-refractivity contribution < 1.29 is 9.50 Å². The van der Waals surface area contributed by atoms with Gasteiger partial charge in [0.05, 0.1) is 16.3 Å². The van der Waals surface area contributed by atoms with Crippen LogP contribution < -0.4 is 4.90 Å². The van der Waals surface area contributed by atoms with E-state index in [-0.39, 0.29) is 5.82 Å². The Morgan fingerprint density at radius 3 is 2.74 bits per heavy atom. The van der Waals surface area contributed by atoms with Crippen molar-refractivity contribution in [2.75, 3.05) is 11.4 Å². The van der Waals surface area contributed by atoms with E-state index < -0.39 is 6.10 Å². The Kier molecular flexibility index (Phi) is 3.71. The largest absolute Gasteiger partial charge is 0.387 e. The zero-order chi connectivity index (χ0) is 15.8. The van der Waals surface area contributed by atoms with Crippen LogP contribution in [0.4, 0.5) is 10.2 Å². The lowest BCUT2D eigenvalue weighted by molar-refractivity contribution is 0.182. The number of aromatic nitrogens is 2. The van der Waals surface area contributed by atoms with Crippen LogP contribution in [-0.4, -0.2) is 27.7 Å². The Morgan fingerprint density at radius 1 is 1.22 bits per heavy atom. The third-order valence-corrected chi connectivity index (χ3v) is 5.01. The molecular formula is C17H16FN3OS. The molecule has 4 nitrogen and oxygen atoms in total. The number of fused-ring (bicyclic) bond motifs is 1. The van der Waals surface area contributed by atoms with Crippen LogP contribution in [0.15, 0.2) is 42.0 Å². The van der Waals surface area contributed by atoms with Crippen molar-refractivity contribution in [2.45, 2.75) is 25.0 Å². The Morgan fingerprint density at radius 2 is 2.00 bits per heavy atom. The van der Waals surface area contributed by atoms with Crippen molar-refractivity contribution in [1.29, 1.82) is 0 Å². The first-order valence-corrected chi connectivity index (χ1v) is 8.49. The zero-order valence-electron chi connectivity index (χ0n) is 12.4. The Balaban J connectivity index is 1.63. The van der Waals surface area contributed by atoms with Gasteiger partial charge in [-0.25, -0.2) is 14.4 Å². The van der Waals surface area contributed by atoms with Gasteiger partial charge in [0, 0.05) is 12.6 Å². The van der Waals surface area contributed by atoms with Crippen molar-refractivity contribution in [1.82, 2.24) is 9.97 Å². The standard InChI is InChI=1S/C17H16FN3OS/c18-12-3-1-11(2-4-12)15(22)9-21(13-5-6-13)17-16-14(7-8-23-16)19-10-20-17/h1-4,7-8,10,13,15,22H,5-6,9H2/t15-/m0/s1. The second kappa shape index (κ2) is 5.86. The number of rotatable bonds is 5. The highest BCUT2D eigenvalue weighted by Gasteiger charge is 2.32. The molecule has 3 aromatic rings. The number of aliphatic hydroxyl groups is 1. The monoisotopic (exact) mass is 329 g/mol. The van der Waals surface area contributed by atoms with Crippen LogP contribution in [0.3, 0.4) is 0 Å². The molecule has 1 aliphatic carbocycles. The van der Waals surface area contributed by atoms with Crippen LogP contribution >= 0.6 is 11.3 Å². The van der Waals surface area contributed by atoms with Crippen LogP contribution in [0.5, 0.6) is 0 Å². The molecule has 118 valence electrons. The first kappa shape index (κ1) is 14.5. The van der Waals surface area contributed by atoms with E-state index in [0.29, 0.717) is 18.2 Å². The third kappa shape index (κ3) is 2.92. The summed E-state index contributed by atoms with van der Waals surface area (Å²) < 4.78 is 14.1. The summed E-state index contributed by atoms with van der Waals surface area (Å²) in [4.78, 5) is 10.9. The van der Waals surface area contributed by atoms with Gasteiger partial charge in [-0.05, 0) is 42.0 Å². The molecule has 0 aliphatic heterocycles. The summed E-state index contributed by atoms with van der Waals surface area (Å²) >= 11 is 1.61. The van der Waals surface area contributed by atoms with Crippen LogP contribution in [0, 0.1) is 5.82 Å². The molecule has 4 rings (SSSR count). The van der Waals surface area contributed by atoms with Crippen LogP contribution in [0.2, 0.25) is 0 Å². The maximum absolute atomic E-state index is 13.0. The molecule has 6 heteroatoms. The molecule has 0 unspecified atom stereocenters. The van der Waals surface area contributed by atoms with Gasteiger partial charge in [-0.3, -0.25) is 0 Å². The molecule has 1 aliphatic rings. The molecule has 0 bridgehead atoms. The number of benzene rings is 1. The summed E-state index contributed by atoms with van der Waals surface area (Å²) in [7, 11) is 0. The Hall–Kier alpha value is -2.05. The molecule has 1 aromatic carbocycles. The fraction of sp³-hybridized carbons (Fsp3) is 0.294. The van der Waals surface area contributed by atoms with Crippen LogP contribution in [0.1, 0.15) is 24.5 Å². The average molecular weight is 329 g/mol. The summed E-state index contributed by atoms with van der Waals surface area (Å²) in [6, 6.07) is 8.40. The smallest absolute Gasteiger partial charge is 0.150 e. The van der Waals surface area contributed by atoms with E-state index in [1.54, 1.807) is 29.8 Å². The SMILES string of the molecule is O[C@@H](CN(c1ncnc2ccsc12)C1CC1)c1ccc(F)cc1. The lowest BCUT2D eigenvalue weighted by Gasteiger charge is -2.26. The molecule has 1 atom stereocenters. The first-order valence-electron chi connectivity index (χ1n) is 7.61. The fourth-order valence-corrected chi connectivity index (χ4v) is 3.60. The van der Waals surface area contributed by atoms with E-state index in [0.717, 1.165) is 28.9 Å². The molecular weight excluding hydrogens is 313 g/mol. The van der Waals surface area contributed by atoms with Gasteiger partial charge in [0.2, 0.25) is 0 Å². The molecule has 2 aromatic heterocycles. The summed E-state index contributed by atoms with van der Waals surface area (Å²) in [5.74, 6) is 0.588. The van der Waals surface area contributed by atoms with Crippen molar-refractivity contribution in [3.05, 3.63) is 53.4 Å². The van der Waals surface area contributed by atoms with Gasteiger partial charge in [-0.15, -0.1) is 11.3 Å². The van der Waals surface area contributed by atoms with Crippen LogP contribution in [-0.2, 0) is 0 Å². The molecule has 2 heterocycles. The minimum absolute atomic E-state index is 0.295. The fourth-order valence-electron chi connectivity index (χ4n) is 2.75. The Labute approximate surface area is 137 Å². The highest BCUT2D eigenvalue weighted by molar-refractivity contribution is 7.17. The predicted molar refractivity (Wildman–Crippen MR) is 89.1 cm³/mol. The maximum atomic E-state index is 13.0. The summed E-state index contributed by atoms with van der Waals surface area (Å²) in [6.07, 6.45) is 3.10. The van der Waals surface area contributed by atoms with Gasteiger partial charge in [0.15, 0.2) is 0 Å². The first-order chi connectivity index (χ1) is 11.2. The second-order valence-corrected chi connectivity index (χ2v) is 6.70. The van der Waals surface area contributed by atoms with E-state index in [1.807, 2.05) is 11.4 Å². The number of thiophene rings is 1. The summed E-state index contributed by atoms with van der Waals surface area (Å²) in [5, 5.41) is 12.5. The highest BCUT2D eigenvalue weighted by Crippen LogP contribution is 2.37. The molecule has 0 spiro atoms. The average Bonchev–Trinajstić information content (AvgIpc) is 3.29. The van der Waals surface area contributed by atoms with Crippen molar-refractivity contribution in [2.24, 2.45) is 0 Å². The van der Waals surface area contributed by atoms with Gasteiger partial charge in [0.1, 0.15) is 18.0 Å². The van der Waals surface area contributed by atoms with Gasteiger partial charge < -0.3 is 10.0 Å². The topological polar surface area (TPSA) is 49.2 Å².